The standard InChI is InChI=1S/C10H18O2S/c1-9(2)5-7-13(11,12)8-6-10(3)4/h9-10H,5,7H2,1-4H3. The quantitative estimate of drug-likeness (QED) is 0.518. The highest BCUT2D eigenvalue weighted by atomic mass is 32.2. The van der Waals surface area contributed by atoms with Gasteiger partial charge >= 0.3 is 0 Å². The predicted molar refractivity (Wildman–Crippen MR) is 55.9 cm³/mol. The first-order chi connectivity index (χ1) is 5.83. The van der Waals surface area contributed by atoms with Crippen molar-refractivity contribution in [3.63, 3.8) is 0 Å². The fourth-order valence-electron chi connectivity index (χ4n) is 0.650. The molecule has 13 heavy (non-hydrogen) atoms. The lowest BCUT2D eigenvalue weighted by molar-refractivity contribution is 0.582. The summed E-state index contributed by atoms with van der Waals surface area (Å²) in [4.78, 5) is 0. The van der Waals surface area contributed by atoms with E-state index in [4.69, 9.17) is 0 Å². The van der Waals surface area contributed by atoms with E-state index in [1.165, 1.54) is 0 Å². The van der Waals surface area contributed by atoms with Gasteiger partial charge in [-0.1, -0.05) is 33.6 Å². The van der Waals surface area contributed by atoms with E-state index in [0.717, 1.165) is 0 Å². The Morgan fingerprint density at radius 1 is 1.15 bits per heavy atom. The Labute approximate surface area is 81.6 Å². The minimum absolute atomic E-state index is 0.119. The first kappa shape index (κ1) is 12.5. The highest BCUT2D eigenvalue weighted by molar-refractivity contribution is 7.96. The van der Waals surface area contributed by atoms with Crippen molar-refractivity contribution in [3.05, 3.63) is 0 Å². The topological polar surface area (TPSA) is 34.1 Å². The molecule has 3 heteroatoms. The van der Waals surface area contributed by atoms with Gasteiger partial charge in [-0.3, -0.25) is 0 Å². The van der Waals surface area contributed by atoms with Crippen LogP contribution in [0.1, 0.15) is 34.1 Å². The number of rotatable bonds is 3. The van der Waals surface area contributed by atoms with Crippen molar-refractivity contribution < 1.29 is 8.42 Å². The third-order valence-electron chi connectivity index (χ3n) is 1.47. The van der Waals surface area contributed by atoms with E-state index in [0.29, 0.717) is 12.3 Å². The molecule has 0 spiro atoms. The van der Waals surface area contributed by atoms with Gasteiger partial charge in [-0.2, -0.15) is 0 Å². The second kappa shape index (κ2) is 5.29. The van der Waals surface area contributed by atoms with Crippen molar-refractivity contribution >= 4 is 9.84 Å². The van der Waals surface area contributed by atoms with Crippen molar-refractivity contribution in [1.29, 1.82) is 0 Å². The monoisotopic (exact) mass is 202 g/mol. The largest absolute Gasteiger partial charge is 0.216 e. The molecule has 0 aromatic heterocycles. The Morgan fingerprint density at radius 2 is 1.69 bits per heavy atom. The van der Waals surface area contributed by atoms with Crippen molar-refractivity contribution in [2.75, 3.05) is 5.75 Å². The fraction of sp³-hybridized carbons (Fsp3) is 0.800. The van der Waals surface area contributed by atoms with Crippen molar-refractivity contribution in [2.24, 2.45) is 11.8 Å². The van der Waals surface area contributed by atoms with Gasteiger partial charge < -0.3 is 0 Å². The summed E-state index contributed by atoms with van der Waals surface area (Å²) in [5, 5.41) is 2.34. The minimum atomic E-state index is -3.13. The Kier molecular flexibility index (Phi) is 5.09. The molecule has 0 aromatic carbocycles. The molecular weight excluding hydrogens is 184 g/mol. The molecule has 0 saturated heterocycles. The Bertz CT molecular complexity index is 289. The molecule has 0 atom stereocenters. The van der Waals surface area contributed by atoms with Gasteiger partial charge in [0.1, 0.15) is 0 Å². The summed E-state index contributed by atoms with van der Waals surface area (Å²) in [7, 11) is -3.13. The molecule has 0 fully saturated rings. The van der Waals surface area contributed by atoms with Crippen LogP contribution in [0.2, 0.25) is 0 Å². The smallest absolute Gasteiger partial charge is 0.215 e. The van der Waals surface area contributed by atoms with Crippen LogP contribution in [0.15, 0.2) is 0 Å². The van der Waals surface area contributed by atoms with E-state index >= 15 is 0 Å². The third kappa shape index (κ3) is 7.86. The van der Waals surface area contributed by atoms with Gasteiger partial charge in [-0.05, 0) is 12.3 Å². The lowest BCUT2D eigenvalue weighted by Crippen LogP contribution is -2.05. The molecule has 0 rings (SSSR count). The average Bonchev–Trinajstić information content (AvgIpc) is 1.98. The van der Waals surface area contributed by atoms with E-state index in [1.807, 2.05) is 27.7 Å². The van der Waals surface area contributed by atoms with Crippen molar-refractivity contribution in [3.8, 4) is 11.2 Å². The molecule has 2 nitrogen and oxygen atoms in total. The fourth-order valence-corrected chi connectivity index (χ4v) is 1.95. The molecular formula is C10H18O2S. The Balaban J connectivity index is 4.21. The lowest BCUT2D eigenvalue weighted by Gasteiger charge is -2.00. The van der Waals surface area contributed by atoms with Crippen molar-refractivity contribution in [1.82, 2.24) is 0 Å². The second-order valence-electron chi connectivity index (χ2n) is 3.90. The molecule has 0 aliphatic rings. The highest BCUT2D eigenvalue weighted by Crippen LogP contribution is 2.02. The van der Waals surface area contributed by atoms with Crippen LogP contribution in [0.4, 0.5) is 0 Å². The number of hydrogen-bond acceptors (Lipinski definition) is 2. The molecule has 76 valence electrons. The van der Waals surface area contributed by atoms with E-state index in [2.05, 4.69) is 11.2 Å². The van der Waals surface area contributed by atoms with Gasteiger partial charge in [-0.15, -0.1) is 0 Å². The average molecular weight is 202 g/mol. The van der Waals surface area contributed by atoms with Gasteiger partial charge in [-0.25, -0.2) is 8.42 Å². The lowest BCUT2D eigenvalue weighted by atomic mass is 10.2. The Hall–Kier alpha value is -0.490. The first-order valence-electron chi connectivity index (χ1n) is 4.58. The molecule has 0 radical (unpaired) electrons. The minimum Gasteiger partial charge on any atom is -0.215 e. The maximum absolute atomic E-state index is 11.3. The zero-order valence-corrected chi connectivity index (χ0v) is 9.61. The first-order valence-corrected chi connectivity index (χ1v) is 6.23. The molecule has 0 aliphatic heterocycles. The van der Waals surface area contributed by atoms with Crippen molar-refractivity contribution in [2.45, 2.75) is 34.1 Å². The summed E-state index contributed by atoms with van der Waals surface area (Å²) in [5.41, 5.74) is 0. The van der Waals surface area contributed by atoms with Crippen LogP contribution in [0.5, 0.6) is 0 Å². The zero-order chi connectivity index (χ0) is 10.5. The third-order valence-corrected chi connectivity index (χ3v) is 2.67. The molecule has 0 amide bonds. The van der Waals surface area contributed by atoms with Crippen LogP contribution in [0.25, 0.3) is 0 Å². The van der Waals surface area contributed by atoms with Crippen LogP contribution in [0, 0.1) is 23.0 Å². The van der Waals surface area contributed by atoms with Gasteiger partial charge in [0, 0.05) is 11.2 Å². The van der Waals surface area contributed by atoms with Gasteiger partial charge in [0.25, 0.3) is 0 Å². The summed E-state index contributed by atoms with van der Waals surface area (Å²) in [6.45, 7) is 7.77. The number of hydrogen-bond donors (Lipinski definition) is 0. The summed E-state index contributed by atoms with van der Waals surface area (Å²) < 4.78 is 22.5. The maximum Gasteiger partial charge on any atom is 0.216 e. The molecule has 0 bridgehead atoms. The number of sulfone groups is 1. The Morgan fingerprint density at radius 3 is 2.08 bits per heavy atom. The molecule has 0 N–H and O–H groups in total. The molecule has 0 saturated carbocycles. The van der Waals surface area contributed by atoms with Crippen LogP contribution in [-0.2, 0) is 9.84 Å². The molecule has 0 aliphatic carbocycles. The molecule has 0 aromatic rings. The maximum atomic E-state index is 11.3. The van der Waals surface area contributed by atoms with E-state index in [9.17, 15) is 8.42 Å². The summed E-state index contributed by atoms with van der Waals surface area (Å²) in [5.74, 6) is 3.39. The predicted octanol–water partition coefficient (Wildman–Crippen LogP) is 2.06. The van der Waals surface area contributed by atoms with Crippen LogP contribution in [-0.4, -0.2) is 14.2 Å². The van der Waals surface area contributed by atoms with Gasteiger partial charge in [0.05, 0.1) is 5.75 Å². The summed E-state index contributed by atoms with van der Waals surface area (Å²) in [6, 6.07) is 0. The highest BCUT2D eigenvalue weighted by Gasteiger charge is 2.07. The molecule has 0 unspecified atom stereocenters. The second-order valence-corrected chi connectivity index (χ2v) is 5.74. The summed E-state index contributed by atoms with van der Waals surface area (Å²) >= 11 is 0. The normalized spacial score (nSPS) is 11.5. The zero-order valence-electron chi connectivity index (χ0n) is 8.79. The van der Waals surface area contributed by atoms with Crippen LogP contribution >= 0.6 is 0 Å². The van der Waals surface area contributed by atoms with E-state index in [1.54, 1.807) is 0 Å². The van der Waals surface area contributed by atoms with E-state index in [-0.39, 0.29) is 11.7 Å². The SMILES string of the molecule is CC(C)C#CS(=O)(=O)CCC(C)C. The molecule has 0 heterocycles. The van der Waals surface area contributed by atoms with Crippen LogP contribution in [0.3, 0.4) is 0 Å². The summed E-state index contributed by atoms with van der Waals surface area (Å²) in [6.07, 6.45) is 0.690. The van der Waals surface area contributed by atoms with E-state index < -0.39 is 9.84 Å². The van der Waals surface area contributed by atoms with Gasteiger partial charge in [0.2, 0.25) is 9.84 Å². The van der Waals surface area contributed by atoms with Crippen LogP contribution < -0.4 is 0 Å². The van der Waals surface area contributed by atoms with Gasteiger partial charge in [0.15, 0.2) is 0 Å².